The highest BCUT2D eigenvalue weighted by Gasteiger charge is 2.35. The second-order valence-electron chi connectivity index (χ2n) is 16.5. The molecule has 6 amide bonds. The zero-order valence-corrected chi connectivity index (χ0v) is 34.1. The van der Waals surface area contributed by atoms with Gasteiger partial charge in [-0.2, -0.15) is 4.98 Å². The number of imide groups is 1. The number of piperazine rings is 1. The minimum Gasteiger partial charge on any atom is -0.371 e. The van der Waals surface area contributed by atoms with Gasteiger partial charge in [0.05, 0.1) is 17.3 Å². The number of carbonyl (C=O) groups excluding carboxylic acids is 5. The van der Waals surface area contributed by atoms with E-state index in [4.69, 9.17) is 5.73 Å². The molecule has 8 rings (SSSR count). The normalized spacial score (nSPS) is 21.8. The van der Waals surface area contributed by atoms with E-state index in [9.17, 15) is 24.0 Å². The third-order valence-electron chi connectivity index (χ3n) is 12.4. The van der Waals surface area contributed by atoms with Crippen LogP contribution in [0, 0.1) is 17.6 Å². The molecule has 6 heterocycles. The number of nitrogens with two attached hydrogens (primary N) is 1. The highest BCUT2D eigenvalue weighted by atomic mass is 19.1. The molecule has 0 spiro atoms. The predicted molar refractivity (Wildman–Crippen MR) is 222 cm³/mol. The average Bonchev–Trinajstić information content (AvgIpc) is 3.59. The number of piperidine rings is 3. The lowest BCUT2D eigenvalue weighted by atomic mass is 9.95. The van der Waals surface area contributed by atoms with Crippen LogP contribution < -0.4 is 36.4 Å². The number of carbonyl (C=O) groups is 5. The van der Waals surface area contributed by atoms with Gasteiger partial charge < -0.3 is 40.9 Å². The summed E-state index contributed by atoms with van der Waals surface area (Å²) in [6.07, 6.45) is 3.80. The molecule has 2 atom stereocenters. The largest absolute Gasteiger partial charge is 0.371 e. The molecule has 61 heavy (non-hydrogen) atoms. The zero-order valence-electron chi connectivity index (χ0n) is 34.1. The van der Waals surface area contributed by atoms with E-state index in [1.807, 2.05) is 14.7 Å². The molecule has 0 saturated carbocycles. The van der Waals surface area contributed by atoms with Crippen molar-refractivity contribution in [3.63, 3.8) is 0 Å². The summed E-state index contributed by atoms with van der Waals surface area (Å²) in [4.78, 5) is 77.7. The SMILES string of the molecule is CN1CCN([C@@H]2CCCN(c3nnc(C(N)=O)c(Nc4ccc(N5CCN(CC6CCN(c7ccc(C(=O)NC8CCC(=O)NC8=O)c(F)c7)CC6)CC5)c(F)c4)n3)C2)C1=O. The molecule has 1 unspecified atom stereocenters. The van der Waals surface area contributed by atoms with Gasteiger partial charge in [-0.25, -0.2) is 13.6 Å². The van der Waals surface area contributed by atoms with Gasteiger partial charge in [0.1, 0.15) is 17.7 Å². The number of aromatic nitrogens is 3. The van der Waals surface area contributed by atoms with E-state index in [1.54, 1.807) is 30.1 Å². The highest BCUT2D eigenvalue weighted by Crippen LogP contribution is 2.30. The van der Waals surface area contributed by atoms with E-state index in [0.29, 0.717) is 62.2 Å². The number of benzene rings is 2. The molecular formula is C41H51F2N13O5. The van der Waals surface area contributed by atoms with Crippen molar-refractivity contribution in [3.05, 3.63) is 59.3 Å². The van der Waals surface area contributed by atoms with Crippen LogP contribution in [-0.2, 0) is 9.59 Å². The van der Waals surface area contributed by atoms with Gasteiger partial charge in [0, 0.05) is 96.8 Å². The average molecular weight is 844 g/mol. The predicted octanol–water partition coefficient (Wildman–Crippen LogP) is 1.90. The molecule has 20 heteroatoms. The maximum absolute atomic E-state index is 15.7. The Balaban J connectivity index is 0.813. The van der Waals surface area contributed by atoms with E-state index in [1.165, 1.54) is 18.2 Å². The molecule has 18 nitrogen and oxygen atoms in total. The fourth-order valence-electron chi connectivity index (χ4n) is 8.94. The lowest BCUT2D eigenvalue weighted by Crippen LogP contribution is -2.52. The number of hydrogen-bond acceptors (Lipinski definition) is 13. The van der Waals surface area contributed by atoms with Gasteiger partial charge in [-0.15, -0.1) is 10.2 Å². The maximum atomic E-state index is 15.7. The minimum absolute atomic E-state index is 0.00108. The topological polar surface area (TPSA) is 206 Å². The molecule has 1 aromatic heterocycles. The molecule has 5 aliphatic heterocycles. The number of halogens is 2. The fourth-order valence-corrected chi connectivity index (χ4v) is 8.94. The van der Waals surface area contributed by atoms with Gasteiger partial charge in [-0.05, 0) is 74.4 Å². The van der Waals surface area contributed by atoms with Crippen molar-refractivity contribution in [2.24, 2.45) is 11.7 Å². The summed E-state index contributed by atoms with van der Waals surface area (Å²) in [6.45, 7) is 7.72. The quantitative estimate of drug-likeness (QED) is 0.204. The monoisotopic (exact) mass is 843 g/mol. The number of rotatable bonds is 11. The van der Waals surface area contributed by atoms with Crippen LogP contribution in [0.4, 0.5) is 42.4 Å². The number of amides is 6. The molecular weight excluding hydrogens is 793 g/mol. The number of urea groups is 1. The van der Waals surface area contributed by atoms with Gasteiger partial charge >= 0.3 is 6.03 Å². The molecule has 2 aromatic carbocycles. The number of likely N-dealkylation sites (N-methyl/N-ethyl adjacent to an activating group) is 1. The molecule has 3 aromatic rings. The standard InChI is InChI=1S/C41H51F2N13O5/c1-51-15-20-56(41(51)61)28-3-2-12-55(24-28)40-48-37(35(36(44)58)49-50-40)45-26-4-8-33(31(43)21-26)54-18-16-52(17-19-54)23-25-10-13-53(14-11-25)27-5-6-29(30(42)22-27)38(59)46-32-7-9-34(57)47-39(32)60/h4-6,8,21-22,25,28,32H,2-3,7,9-20,23-24H2,1H3,(H2,44,58)(H,46,59)(H,45,48,50)(H,47,57,60)/t28-,32?/m1/s1. The summed E-state index contributed by atoms with van der Waals surface area (Å²) >= 11 is 0. The summed E-state index contributed by atoms with van der Waals surface area (Å²) in [6, 6.07) is 8.42. The van der Waals surface area contributed by atoms with Crippen molar-refractivity contribution in [1.29, 1.82) is 0 Å². The van der Waals surface area contributed by atoms with Crippen molar-refractivity contribution in [1.82, 2.24) is 40.5 Å². The van der Waals surface area contributed by atoms with Crippen molar-refractivity contribution in [3.8, 4) is 0 Å². The van der Waals surface area contributed by atoms with Crippen LogP contribution in [0.25, 0.3) is 0 Å². The Labute approximate surface area is 351 Å². The van der Waals surface area contributed by atoms with E-state index in [0.717, 1.165) is 58.4 Å². The van der Waals surface area contributed by atoms with Gasteiger partial charge in [0.15, 0.2) is 11.5 Å². The van der Waals surface area contributed by atoms with E-state index in [2.05, 4.69) is 40.9 Å². The smallest absolute Gasteiger partial charge is 0.320 e. The van der Waals surface area contributed by atoms with Crippen LogP contribution in [0.5, 0.6) is 0 Å². The summed E-state index contributed by atoms with van der Waals surface area (Å²) in [5.41, 5.74) is 6.83. The third kappa shape index (κ3) is 9.28. The first-order valence-corrected chi connectivity index (χ1v) is 20.9. The Morgan fingerprint density at radius 3 is 2.33 bits per heavy atom. The van der Waals surface area contributed by atoms with Gasteiger partial charge in [-0.3, -0.25) is 29.4 Å². The second-order valence-corrected chi connectivity index (χ2v) is 16.5. The van der Waals surface area contributed by atoms with Gasteiger partial charge in [-0.1, -0.05) is 0 Å². The first-order valence-electron chi connectivity index (χ1n) is 20.9. The molecule has 5 N–H and O–H groups in total. The van der Waals surface area contributed by atoms with Crippen LogP contribution in [0.3, 0.4) is 0 Å². The molecule has 0 aliphatic carbocycles. The minimum atomic E-state index is -0.884. The molecule has 324 valence electrons. The fraction of sp³-hybridized carbons (Fsp3) is 0.512. The summed E-state index contributed by atoms with van der Waals surface area (Å²) in [7, 11) is 1.79. The maximum Gasteiger partial charge on any atom is 0.320 e. The summed E-state index contributed by atoms with van der Waals surface area (Å²) in [5.74, 6) is -2.80. The Hall–Kier alpha value is -6.18. The highest BCUT2D eigenvalue weighted by molar-refractivity contribution is 6.04. The molecule has 0 bridgehead atoms. The molecule has 5 aliphatic rings. The molecule has 5 saturated heterocycles. The third-order valence-corrected chi connectivity index (χ3v) is 12.4. The summed E-state index contributed by atoms with van der Waals surface area (Å²) in [5, 5.41) is 16.0. The van der Waals surface area contributed by atoms with Crippen LogP contribution >= 0.6 is 0 Å². The van der Waals surface area contributed by atoms with Crippen molar-refractivity contribution in [2.75, 3.05) is 99.1 Å². The Bertz CT molecular complexity index is 2180. The van der Waals surface area contributed by atoms with Crippen molar-refractivity contribution >= 4 is 58.5 Å². The van der Waals surface area contributed by atoms with Crippen LogP contribution in [0.2, 0.25) is 0 Å². The molecule has 5 fully saturated rings. The lowest BCUT2D eigenvalue weighted by Gasteiger charge is -2.40. The van der Waals surface area contributed by atoms with E-state index in [-0.39, 0.29) is 47.9 Å². The number of primary amides is 1. The van der Waals surface area contributed by atoms with Gasteiger partial charge in [0.25, 0.3) is 11.8 Å². The first-order chi connectivity index (χ1) is 29.4. The molecule has 0 radical (unpaired) electrons. The van der Waals surface area contributed by atoms with Crippen LogP contribution in [0.15, 0.2) is 36.4 Å². The Kier molecular flexibility index (Phi) is 12.1. The van der Waals surface area contributed by atoms with Crippen LogP contribution in [0.1, 0.15) is 59.4 Å². The number of nitrogens with one attached hydrogen (secondary N) is 3. The van der Waals surface area contributed by atoms with E-state index >= 15 is 8.78 Å². The Morgan fingerprint density at radius 2 is 1.64 bits per heavy atom. The van der Waals surface area contributed by atoms with E-state index < -0.39 is 41.3 Å². The van der Waals surface area contributed by atoms with Crippen LogP contribution in [-0.4, -0.2) is 151 Å². The lowest BCUT2D eigenvalue weighted by molar-refractivity contribution is -0.134. The number of hydrogen-bond donors (Lipinski definition) is 4. The van der Waals surface area contributed by atoms with Gasteiger partial charge in [0.2, 0.25) is 17.8 Å². The Morgan fingerprint density at radius 1 is 0.852 bits per heavy atom. The van der Waals surface area contributed by atoms with Crippen molar-refractivity contribution < 1.29 is 32.8 Å². The summed E-state index contributed by atoms with van der Waals surface area (Å²) < 4.78 is 30.8. The number of nitrogens with zero attached hydrogens (tertiary/aromatic N) is 9. The first kappa shape index (κ1) is 41.5. The second kappa shape index (κ2) is 17.8. The zero-order chi connectivity index (χ0) is 42.8. The van der Waals surface area contributed by atoms with Crippen molar-refractivity contribution in [2.45, 2.75) is 50.6 Å². The number of anilines is 5.